The van der Waals surface area contributed by atoms with Crippen LogP contribution in [0.15, 0.2) is 18.2 Å². The monoisotopic (exact) mass is 285 g/mol. The van der Waals surface area contributed by atoms with Gasteiger partial charge in [-0.25, -0.2) is 0 Å². The zero-order valence-corrected chi connectivity index (χ0v) is 10.9. The summed E-state index contributed by atoms with van der Waals surface area (Å²) in [5.74, 6) is 0.267. The maximum Gasteiger partial charge on any atom is 0.224 e. The summed E-state index contributed by atoms with van der Waals surface area (Å²) in [4.78, 5) is 11.5. The lowest BCUT2D eigenvalue weighted by molar-refractivity contribution is -0.116. The van der Waals surface area contributed by atoms with E-state index in [0.717, 1.165) is 29.4 Å². The Morgan fingerprint density at radius 1 is 1.44 bits per heavy atom. The van der Waals surface area contributed by atoms with Crippen LogP contribution in [-0.2, 0) is 4.79 Å². The minimum atomic E-state index is 0.0195. The molecule has 3 nitrogen and oxygen atoms in total. The number of rotatable bonds is 5. The number of hydrogen-bond acceptors (Lipinski definition) is 2. The van der Waals surface area contributed by atoms with Crippen LogP contribution in [0.3, 0.4) is 0 Å². The highest BCUT2D eigenvalue weighted by Crippen LogP contribution is 2.20. The Balaban J connectivity index is 2.46. The molecule has 0 aliphatic rings. The quantitative estimate of drug-likeness (QED) is 0.496. The van der Waals surface area contributed by atoms with Crippen LogP contribution < -0.4 is 5.32 Å². The first-order valence-electron chi connectivity index (χ1n) is 5.29. The molecule has 0 radical (unpaired) electrons. The van der Waals surface area contributed by atoms with Crippen LogP contribution in [0.5, 0.6) is 5.75 Å². The summed E-state index contributed by atoms with van der Waals surface area (Å²) in [6.45, 7) is 1.80. The summed E-state index contributed by atoms with van der Waals surface area (Å²) in [7, 11) is 0. The molecule has 0 aliphatic heterocycles. The SMILES string of the molecule is Cc1cc(NC(=O)CCCCBr)ccc1O. The van der Waals surface area contributed by atoms with Gasteiger partial charge in [0, 0.05) is 17.4 Å². The Labute approximate surface area is 104 Å². The number of unbranched alkanes of at least 4 members (excludes halogenated alkanes) is 1. The molecule has 0 saturated heterocycles. The molecular formula is C12H16BrNO2. The van der Waals surface area contributed by atoms with E-state index in [2.05, 4.69) is 21.2 Å². The van der Waals surface area contributed by atoms with Gasteiger partial charge < -0.3 is 10.4 Å². The average Bonchev–Trinajstić information content (AvgIpc) is 2.24. The lowest BCUT2D eigenvalue weighted by atomic mass is 10.2. The first kappa shape index (κ1) is 13.0. The second-order valence-electron chi connectivity index (χ2n) is 3.70. The molecule has 1 rings (SSSR count). The second-order valence-corrected chi connectivity index (χ2v) is 4.49. The molecule has 0 spiro atoms. The molecular weight excluding hydrogens is 270 g/mol. The van der Waals surface area contributed by atoms with Gasteiger partial charge in [0.05, 0.1) is 0 Å². The molecule has 0 bridgehead atoms. The van der Waals surface area contributed by atoms with Gasteiger partial charge >= 0.3 is 0 Å². The number of halogens is 1. The van der Waals surface area contributed by atoms with E-state index in [1.807, 2.05) is 0 Å². The van der Waals surface area contributed by atoms with Gasteiger partial charge in [0.1, 0.15) is 5.75 Å². The number of hydrogen-bond donors (Lipinski definition) is 2. The molecule has 1 aromatic rings. The molecule has 0 unspecified atom stereocenters. The number of nitrogens with one attached hydrogen (secondary N) is 1. The topological polar surface area (TPSA) is 49.3 Å². The van der Waals surface area contributed by atoms with Crippen LogP contribution in [0.2, 0.25) is 0 Å². The van der Waals surface area contributed by atoms with Crippen LogP contribution in [0, 0.1) is 6.92 Å². The van der Waals surface area contributed by atoms with Crippen LogP contribution in [0.4, 0.5) is 5.69 Å². The van der Waals surface area contributed by atoms with E-state index in [0.29, 0.717) is 6.42 Å². The van der Waals surface area contributed by atoms with Gasteiger partial charge in [-0.2, -0.15) is 0 Å². The number of carbonyl (C=O) groups is 1. The van der Waals surface area contributed by atoms with Gasteiger partial charge in [-0.3, -0.25) is 4.79 Å². The van der Waals surface area contributed by atoms with Crippen molar-refractivity contribution in [2.24, 2.45) is 0 Å². The van der Waals surface area contributed by atoms with E-state index >= 15 is 0 Å². The zero-order chi connectivity index (χ0) is 12.0. The zero-order valence-electron chi connectivity index (χ0n) is 9.29. The van der Waals surface area contributed by atoms with Crippen LogP contribution in [0.25, 0.3) is 0 Å². The standard InChI is InChI=1S/C12H16BrNO2/c1-9-8-10(5-6-11(9)15)14-12(16)4-2-3-7-13/h5-6,8,15H,2-4,7H2,1H3,(H,14,16). The summed E-state index contributed by atoms with van der Waals surface area (Å²) >= 11 is 3.32. The van der Waals surface area contributed by atoms with Crippen molar-refractivity contribution in [2.75, 3.05) is 10.6 Å². The number of carbonyl (C=O) groups excluding carboxylic acids is 1. The van der Waals surface area contributed by atoms with E-state index in [1.165, 1.54) is 0 Å². The van der Waals surface area contributed by atoms with Crippen molar-refractivity contribution in [2.45, 2.75) is 26.2 Å². The highest BCUT2D eigenvalue weighted by atomic mass is 79.9. The average molecular weight is 286 g/mol. The van der Waals surface area contributed by atoms with E-state index in [-0.39, 0.29) is 11.7 Å². The van der Waals surface area contributed by atoms with Gasteiger partial charge in [-0.1, -0.05) is 15.9 Å². The third kappa shape index (κ3) is 4.23. The van der Waals surface area contributed by atoms with E-state index < -0.39 is 0 Å². The number of benzene rings is 1. The van der Waals surface area contributed by atoms with Crippen molar-refractivity contribution in [3.8, 4) is 5.75 Å². The van der Waals surface area contributed by atoms with E-state index in [9.17, 15) is 9.90 Å². The summed E-state index contributed by atoms with van der Waals surface area (Å²) in [5.41, 5.74) is 1.50. The molecule has 16 heavy (non-hydrogen) atoms. The van der Waals surface area contributed by atoms with Crippen molar-refractivity contribution in [3.05, 3.63) is 23.8 Å². The number of alkyl halides is 1. The Hall–Kier alpha value is -1.03. The summed E-state index contributed by atoms with van der Waals surface area (Å²) < 4.78 is 0. The lowest BCUT2D eigenvalue weighted by Crippen LogP contribution is -2.11. The third-order valence-corrected chi connectivity index (χ3v) is 2.83. The lowest BCUT2D eigenvalue weighted by Gasteiger charge is -2.06. The molecule has 0 fully saturated rings. The van der Waals surface area contributed by atoms with Crippen molar-refractivity contribution in [1.82, 2.24) is 0 Å². The second kappa shape index (κ2) is 6.53. The summed E-state index contributed by atoms with van der Waals surface area (Å²) in [6.07, 6.45) is 2.42. The molecule has 0 aromatic heterocycles. The smallest absolute Gasteiger partial charge is 0.224 e. The van der Waals surface area contributed by atoms with Gasteiger partial charge in [0.25, 0.3) is 0 Å². The molecule has 1 amide bonds. The summed E-state index contributed by atoms with van der Waals surface area (Å²) in [6, 6.07) is 5.05. The molecule has 0 heterocycles. The first-order valence-corrected chi connectivity index (χ1v) is 6.41. The predicted octanol–water partition coefficient (Wildman–Crippen LogP) is 3.20. The number of amides is 1. The maximum atomic E-state index is 11.5. The molecule has 1 aromatic carbocycles. The number of anilines is 1. The van der Waals surface area contributed by atoms with Crippen molar-refractivity contribution in [1.29, 1.82) is 0 Å². The molecule has 0 atom stereocenters. The Morgan fingerprint density at radius 2 is 2.19 bits per heavy atom. The predicted molar refractivity (Wildman–Crippen MR) is 69.1 cm³/mol. The van der Waals surface area contributed by atoms with Crippen molar-refractivity contribution < 1.29 is 9.90 Å². The Morgan fingerprint density at radius 3 is 2.81 bits per heavy atom. The van der Waals surface area contributed by atoms with Crippen molar-refractivity contribution >= 4 is 27.5 Å². The fourth-order valence-electron chi connectivity index (χ4n) is 1.34. The molecule has 4 heteroatoms. The maximum absolute atomic E-state index is 11.5. The third-order valence-electron chi connectivity index (χ3n) is 2.27. The number of aromatic hydroxyl groups is 1. The highest BCUT2D eigenvalue weighted by molar-refractivity contribution is 9.09. The highest BCUT2D eigenvalue weighted by Gasteiger charge is 2.03. The molecule has 88 valence electrons. The first-order chi connectivity index (χ1) is 7.63. The van der Waals surface area contributed by atoms with Gasteiger partial charge in [-0.05, 0) is 43.5 Å². The summed E-state index contributed by atoms with van der Waals surface area (Å²) in [5, 5.41) is 13.1. The molecule has 0 saturated carbocycles. The van der Waals surface area contributed by atoms with Crippen molar-refractivity contribution in [3.63, 3.8) is 0 Å². The number of aryl methyl sites for hydroxylation is 1. The van der Waals surface area contributed by atoms with Crippen LogP contribution in [-0.4, -0.2) is 16.3 Å². The van der Waals surface area contributed by atoms with Gasteiger partial charge in [0.15, 0.2) is 0 Å². The molecule has 2 N–H and O–H groups in total. The Kier molecular flexibility index (Phi) is 5.32. The van der Waals surface area contributed by atoms with E-state index in [1.54, 1.807) is 25.1 Å². The fourth-order valence-corrected chi connectivity index (χ4v) is 1.73. The number of phenols is 1. The normalized spacial score (nSPS) is 10.1. The van der Waals surface area contributed by atoms with Gasteiger partial charge in [0.2, 0.25) is 5.91 Å². The van der Waals surface area contributed by atoms with E-state index in [4.69, 9.17) is 0 Å². The van der Waals surface area contributed by atoms with Crippen LogP contribution in [0.1, 0.15) is 24.8 Å². The molecule has 0 aliphatic carbocycles. The minimum Gasteiger partial charge on any atom is -0.508 e. The Bertz CT molecular complexity index is 366. The minimum absolute atomic E-state index is 0.0195. The van der Waals surface area contributed by atoms with Gasteiger partial charge in [-0.15, -0.1) is 0 Å². The fraction of sp³-hybridized carbons (Fsp3) is 0.417. The number of phenolic OH excluding ortho intramolecular Hbond substituents is 1. The largest absolute Gasteiger partial charge is 0.508 e. The van der Waals surface area contributed by atoms with Crippen LogP contribution >= 0.6 is 15.9 Å².